The molecule has 0 saturated heterocycles. The number of rotatable bonds is 2. The molecule has 0 atom stereocenters. The van der Waals surface area contributed by atoms with Crippen molar-refractivity contribution in [1.29, 1.82) is 0 Å². The van der Waals surface area contributed by atoms with Crippen LogP contribution in [-0.4, -0.2) is 10.9 Å². The molecular formula is C18H19NO. The maximum atomic E-state index is 10.8. The number of carbonyl (C=O) groups excluding carboxylic acids is 1. The smallest absolute Gasteiger partial charge is 0.150 e. The molecule has 0 N–H and O–H groups in total. The van der Waals surface area contributed by atoms with E-state index in [1.807, 2.05) is 44.3 Å². The molecule has 0 spiro atoms. The van der Waals surface area contributed by atoms with E-state index in [0.29, 0.717) is 5.56 Å². The van der Waals surface area contributed by atoms with E-state index in [2.05, 4.69) is 35.8 Å². The number of nitrogens with zero attached hydrogens (tertiary/aromatic N) is 1. The SMILES string of the molecule is CC.Cc1ccc(-n2ccc3cc(C=O)ccc32)cc1. The monoisotopic (exact) mass is 265 g/mol. The van der Waals surface area contributed by atoms with E-state index < -0.39 is 0 Å². The number of aromatic nitrogens is 1. The lowest BCUT2D eigenvalue weighted by Gasteiger charge is -2.06. The molecule has 0 unspecified atom stereocenters. The molecule has 0 aliphatic carbocycles. The minimum absolute atomic E-state index is 0.712. The van der Waals surface area contributed by atoms with E-state index in [1.165, 1.54) is 5.56 Å². The van der Waals surface area contributed by atoms with Crippen LogP contribution < -0.4 is 0 Å². The number of aldehydes is 1. The second-order valence-electron chi connectivity index (χ2n) is 4.46. The second-order valence-corrected chi connectivity index (χ2v) is 4.46. The average Bonchev–Trinajstić information content (AvgIpc) is 2.93. The standard InChI is InChI=1S/C16H13NO.C2H6/c1-12-2-5-15(6-3-12)17-9-8-14-10-13(11-18)4-7-16(14)17;1-2/h2-11H,1H3;1-2H3. The molecule has 0 amide bonds. The first kappa shape index (κ1) is 14.1. The van der Waals surface area contributed by atoms with Gasteiger partial charge in [-0.15, -0.1) is 0 Å². The number of aryl methyl sites for hydroxylation is 1. The maximum Gasteiger partial charge on any atom is 0.150 e. The van der Waals surface area contributed by atoms with Gasteiger partial charge in [-0.2, -0.15) is 0 Å². The van der Waals surface area contributed by atoms with Crippen LogP contribution >= 0.6 is 0 Å². The highest BCUT2D eigenvalue weighted by Crippen LogP contribution is 2.21. The van der Waals surface area contributed by atoms with Gasteiger partial charge in [0.25, 0.3) is 0 Å². The van der Waals surface area contributed by atoms with Crippen LogP contribution in [0.2, 0.25) is 0 Å². The zero-order valence-electron chi connectivity index (χ0n) is 12.1. The molecular weight excluding hydrogens is 246 g/mol. The molecule has 0 saturated carbocycles. The molecule has 20 heavy (non-hydrogen) atoms. The number of fused-ring (bicyclic) bond motifs is 1. The molecule has 3 aromatic rings. The zero-order chi connectivity index (χ0) is 14.5. The summed E-state index contributed by atoms with van der Waals surface area (Å²) in [7, 11) is 0. The fraction of sp³-hybridized carbons (Fsp3) is 0.167. The Morgan fingerprint density at radius 1 is 0.950 bits per heavy atom. The van der Waals surface area contributed by atoms with Crippen molar-refractivity contribution in [2.45, 2.75) is 20.8 Å². The summed E-state index contributed by atoms with van der Waals surface area (Å²) < 4.78 is 2.13. The van der Waals surface area contributed by atoms with Crippen LogP contribution in [0.3, 0.4) is 0 Å². The summed E-state index contributed by atoms with van der Waals surface area (Å²) in [5, 5.41) is 1.08. The van der Waals surface area contributed by atoms with E-state index in [-0.39, 0.29) is 0 Å². The van der Waals surface area contributed by atoms with Gasteiger partial charge >= 0.3 is 0 Å². The molecule has 0 bridgehead atoms. The van der Waals surface area contributed by atoms with E-state index in [4.69, 9.17) is 0 Å². The first-order valence-corrected chi connectivity index (χ1v) is 6.91. The van der Waals surface area contributed by atoms with Crippen LogP contribution in [0.1, 0.15) is 29.8 Å². The van der Waals surface area contributed by atoms with Crippen molar-refractivity contribution in [2.75, 3.05) is 0 Å². The Labute approximate surface area is 119 Å². The molecule has 2 heteroatoms. The number of carbonyl (C=O) groups is 1. The Hall–Kier alpha value is -2.35. The van der Waals surface area contributed by atoms with Gasteiger partial charge in [-0.25, -0.2) is 0 Å². The normalized spacial score (nSPS) is 9.95. The molecule has 102 valence electrons. The molecule has 0 aliphatic heterocycles. The summed E-state index contributed by atoms with van der Waals surface area (Å²) in [6.07, 6.45) is 2.91. The summed E-state index contributed by atoms with van der Waals surface area (Å²) in [5.41, 5.74) is 4.21. The minimum atomic E-state index is 0.712. The van der Waals surface area contributed by atoms with Crippen LogP contribution in [0.25, 0.3) is 16.6 Å². The fourth-order valence-electron chi connectivity index (χ4n) is 2.16. The summed E-state index contributed by atoms with van der Waals surface area (Å²) in [5.74, 6) is 0. The van der Waals surface area contributed by atoms with E-state index in [1.54, 1.807) is 0 Å². The van der Waals surface area contributed by atoms with Crippen molar-refractivity contribution in [3.63, 3.8) is 0 Å². The van der Waals surface area contributed by atoms with Gasteiger partial charge < -0.3 is 4.57 Å². The summed E-state index contributed by atoms with van der Waals surface area (Å²) >= 11 is 0. The topological polar surface area (TPSA) is 22.0 Å². The lowest BCUT2D eigenvalue weighted by Crippen LogP contribution is -1.91. The van der Waals surface area contributed by atoms with Gasteiger partial charge in [-0.3, -0.25) is 4.79 Å². The Kier molecular flexibility index (Phi) is 4.36. The summed E-state index contributed by atoms with van der Waals surface area (Å²) in [4.78, 5) is 10.8. The van der Waals surface area contributed by atoms with Gasteiger partial charge in [0.05, 0.1) is 5.52 Å². The van der Waals surface area contributed by atoms with Crippen LogP contribution in [0.5, 0.6) is 0 Å². The van der Waals surface area contributed by atoms with Gasteiger partial charge in [0.2, 0.25) is 0 Å². The molecule has 0 fully saturated rings. The van der Waals surface area contributed by atoms with Crippen LogP contribution in [0.4, 0.5) is 0 Å². The third-order valence-corrected chi connectivity index (χ3v) is 3.16. The molecule has 3 rings (SSSR count). The van der Waals surface area contributed by atoms with Gasteiger partial charge in [-0.05, 0) is 43.3 Å². The van der Waals surface area contributed by atoms with Crippen molar-refractivity contribution >= 4 is 17.2 Å². The van der Waals surface area contributed by atoms with Gasteiger partial charge in [-0.1, -0.05) is 31.5 Å². The van der Waals surface area contributed by atoms with Crippen LogP contribution in [-0.2, 0) is 0 Å². The quantitative estimate of drug-likeness (QED) is 0.611. The lowest BCUT2D eigenvalue weighted by atomic mass is 10.2. The Balaban J connectivity index is 0.000000704. The van der Waals surface area contributed by atoms with E-state index in [9.17, 15) is 4.79 Å². The van der Waals surface area contributed by atoms with Crippen molar-refractivity contribution in [3.8, 4) is 5.69 Å². The highest BCUT2D eigenvalue weighted by molar-refractivity contribution is 5.88. The van der Waals surface area contributed by atoms with Gasteiger partial charge in [0.15, 0.2) is 0 Å². The molecule has 1 aromatic heterocycles. The summed E-state index contributed by atoms with van der Waals surface area (Å²) in [6, 6.07) is 16.2. The lowest BCUT2D eigenvalue weighted by molar-refractivity contribution is 0.112. The predicted octanol–water partition coefficient (Wildman–Crippen LogP) is 4.78. The average molecular weight is 265 g/mol. The molecule has 2 aromatic carbocycles. The molecule has 0 radical (unpaired) electrons. The molecule has 0 aliphatic rings. The Bertz CT molecular complexity index is 708. The number of hydrogen-bond acceptors (Lipinski definition) is 1. The van der Waals surface area contributed by atoms with Crippen molar-refractivity contribution in [2.24, 2.45) is 0 Å². The van der Waals surface area contributed by atoms with Crippen molar-refractivity contribution < 1.29 is 4.79 Å². The van der Waals surface area contributed by atoms with Gasteiger partial charge in [0, 0.05) is 22.8 Å². The fourth-order valence-corrected chi connectivity index (χ4v) is 2.16. The van der Waals surface area contributed by atoms with Gasteiger partial charge in [0.1, 0.15) is 6.29 Å². The van der Waals surface area contributed by atoms with Crippen molar-refractivity contribution in [1.82, 2.24) is 4.57 Å². The summed E-state index contributed by atoms with van der Waals surface area (Å²) in [6.45, 7) is 6.08. The number of benzene rings is 2. The largest absolute Gasteiger partial charge is 0.317 e. The van der Waals surface area contributed by atoms with Crippen LogP contribution in [0, 0.1) is 6.92 Å². The highest BCUT2D eigenvalue weighted by Gasteiger charge is 2.03. The van der Waals surface area contributed by atoms with Crippen LogP contribution in [0.15, 0.2) is 54.7 Å². The third-order valence-electron chi connectivity index (χ3n) is 3.16. The minimum Gasteiger partial charge on any atom is -0.317 e. The van der Waals surface area contributed by atoms with E-state index in [0.717, 1.165) is 22.9 Å². The predicted molar refractivity (Wildman–Crippen MR) is 84.7 cm³/mol. The Morgan fingerprint density at radius 3 is 2.30 bits per heavy atom. The van der Waals surface area contributed by atoms with E-state index >= 15 is 0 Å². The Morgan fingerprint density at radius 2 is 1.65 bits per heavy atom. The molecule has 1 heterocycles. The maximum absolute atomic E-state index is 10.8. The third kappa shape index (κ3) is 2.64. The highest BCUT2D eigenvalue weighted by atomic mass is 16.1. The number of hydrogen-bond donors (Lipinski definition) is 0. The first-order chi connectivity index (χ1) is 9.78. The van der Waals surface area contributed by atoms with Crippen molar-refractivity contribution in [3.05, 3.63) is 65.9 Å². The zero-order valence-corrected chi connectivity index (χ0v) is 12.1. The molecule has 2 nitrogen and oxygen atoms in total. The second kappa shape index (κ2) is 6.20. The first-order valence-electron chi connectivity index (χ1n) is 6.91.